The lowest BCUT2D eigenvalue weighted by Crippen LogP contribution is -2.19. The summed E-state index contributed by atoms with van der Waals surface area (Å²) in [4.78, 5) is 11.6. The van der Waals surface area contributed by atoms with E-state index in [1.54, 1.807) is 25.1 Å². The number of amides is 1. The van der Waals surface area contributed by atoms with Crippen LogP contribution in [0.15, 0.2) is 29.4 Å². The molecule has 0 atom stereocenters. The van der Waals surface area contributed by atoms with Gasteiger partial charge in [0.2, 0.25) is 0 Å². The topological polar surface area (TPSA) is 87.0 Å². The highest BCUT2D eigenvalue weighted by molar-refractivity contribution is 7.85. The van der Waals surface area contributed by atoms with E-state index in [2.05, 4.69) is 5.10 Å². The van der Waals surface area contributed by atoms with Gasteiger partial charge in [-0.15, -0.1) is 0 Å². The molecule has 1 aromatic rings. The highest BCUT2D eigenvalue weighted by Gasteiger charge is 2.22. The van der Waals surface area contributed by atoms with Crippen molar-refractivity contribution in [3.8, 4) is 0 Å². The molecule has 0 aliphatic carbocycles. The molecule has 0 aromatic heterocycles. The van der Waals surface area contributed by atoms with Gasteiger partial charge in [0, 0.05) is 5.71 Å². The summed E-state index contributed by atoms with van der Waals surface area (Å²) < 4.78 is 30.4. The smallest absolute Gasteiger partial charge is 0.269 e. The van der Waals surface area contributed by atoms with Crippen molar-refractivity contribution in [3.05, 3.63) is 29.8 Å². The zero-order valence-corrected chi connectivity index (χ0v) is 10.5. The summed E-state index contributed by atoms with van der Waals surface area (Å²) in [5, 5.41) is 5.30. The van der Waals surface area contributed by atoms with Crippen molar-refractivity contribution < 1.29 is 17.8 Å². The van der Waals surface area contributed by atoms with Gasteiger partial charge in [0.05, 0.1) is 12.1 Å². The second-order valence-electron chi connectivity index (χ2n) is 4.11. The van der Waals surface area contributed by atoms with E-state index in [1.807, 2.05) is 0 Å². The number of carbonyl (C=O) groups excluding carboxylic acids is 1. The second-order valence-corrected chi connectivity index (χ2v) is 5.57. The van der Waals surface area contributed by atoms with Crippen molar-refractivity contribution in [1.29, 1.82) is 0 Å². The predicted octanol–water partition coefficient (Wildman–Crippen LogP) is 1.19. The number of nitrogens with zero attached hydrogens (tertiary/aromatic N) is 2. The number of benzene rings is 1. The quantitative estimate of drug-likeness (QED) is 0.834. The molecule has 1 heterocycles. The van der Waals surface area contributed by atoms with E-state index in [9.17, 15) is 13.2 Å². The number of rotatable bonds is 3. The Bertz CT molecular complexity index is 622. The molecular weight excluding hydrogens is 256 g/mol. The fraction of sp³-hybridized carbons (Fsp3) is 0.273. The van der Waals surface area contributed by atoms with Gasteiger partial charge in [-0.2, -0.15) is 13.5 Å². The molecule has 1 aromatic carbocycles. The van der Waals surface area contributed by atoms with Gasteiger partial charge in [-0.3, -0.25) is 9.35 Å². The van der Waals surface area contributed by atoms with Gasteiger partial charge < -0.3 is 0 Å². The van der Waals surface area contributed by atoms with Crippen LogP contribution in [-0.2, 0) is 20.7 Å². The van der Waals surface area contributed by atoms with Crippen LogP contribution in [0.1, 0.15) is 18.9 Å². The lowest BCUT2D eigenvalue weighted by Gasteiger charge is -2.12. The predicted molar refractivity (Wildman–Crippen MR) is 66.9 cm³/mol. The normalized spacial score (nSPS) is 16.0. The summed E-state index contributed by atoms with van der Waals surface area (Å²) in [5.74, 6) is -0.637. The van der Waals surface area contributed by atoms with Crippen molar-refractivity contribution in [1.82, 2.24) is 0 Å². The number of hydrazone groups is 1. The Hall–Kier alpha value is -1.73. The molecule has 6 nitrogen and oxygen atoms in total. The van der Waals surface area contributed by atoms with E-state index >= 15 is 0 Å². The van der Waals surface area contributed by atoms with Crippen LogP contribution in [-0.4, -0.2) is 24.6 Å². The number of carbonyl (C=O) groups is 1. The fourth-order valence-corrected chi connectivity index (χ4v) is 2.35. The summed E-state index contributed by atoms with van der Waals surface area (Å²) in [6.07, 6.45) is 0.266. The van der Waals surface area contributed by atoms with Gasteiger partial charge in [-0.25, -0.2) is 5.01 Å². The van der Waals surface area contributed by atoms with Crippen LogP contribution in [0.3, 0.4) is 0 Å². The average molecular weight is 268 g/mol. The summed E-state index contributed by atoms with van der Waals surface area (Å²) in [7, 11) is -4.08. The van der Waals surface area contributed by atoms with Crippen molar-refractivity contribution in [2.75, 3.05) is 5.01 Å². The van der Waals surface area contributed by atoms with Crippen molar-refractivity contribution in [2.45, 2.75) is 19.1 Å². The molecule has 0 saturated heterocycles. The standard InChI is InChI=1S/C11H12N2O4S/c1-8-5-11(14)13(12-8)10-4-2-3-9(6-10)7-18(15,16)17/h2-4,6H,5,7H2,1H3,(H,15,16,17). The van der Waals surface area contributed by atoms with E-state index in [0.29, 0.717) is 17.0 Å². The van der Waals surface area contributed by atoms with Gasteiger partial charge in [0.25, 0.3) is 16.0 Å². The van der Waals surface area contributed by atoms with Gasteiger partial charge in [-0.1, -0.05) is 12.1 Å². The van der Waals surface area contributed by atoms with Crippen LogP contribution in [0.2, 0.25) is 0 Å². The molecule has 1 N–H and O–H groups in total. The number of hydrogen-bond donors (Lipinski definition) is 1. The Morgan fingerprint density at radius 2 is 2.17 bits per heavy atom. The van der Waals surface area contributed by atoms with Crippen molar-refractivity contribution >= 4 is 27.4 Å². The third-order valence-electron chi connectivity index (χ3n) is 2.42. The molecular formula is C11H12N2O4S. The lowest BCUT2D eigenvalue weighted by atomic mass is 10.2. The van der Waals surface area contributed by atoms with Crippen molar-refractivity contribution in [2.24, 2.45) is 5.10 Å². The first-order valence-electron chi connectivity index (χ1n) is 5.26. The Kier molecular flexibility index (Phi) is 3.18. The first kappa shape index (κ1) is 12.7. The second kappa shape index (κ2) is 4.51. The molecule has 18 heavy (non-hydrogen) atoms. The average Bonchev–Trinajstić information content (AvgIpc) is 2.55. The maximum Gasteiger partial charge on any atom is 0.269 e. The molecule has 0 radical (unpaired) electrons. The largest absolute Gasteiger partial charge is 0.285 e. The first-order valence-corrected chi connectivity index (χ1v) is 6.87. The molecule has 7 heteroatoms. The van der Waals surface area contributed by atoms with E-state index in [4.69, 9.17) is 4.55 Å². The van der Waals surface area contributed by atoms with Crippen molar-refractivity contribution in [3.63, 3.8) is 0 Å². The molecule has 0 saturated carbocycles. The summed E-state index contributed by atoms with van der Waals surface area (Å²) in [5.41, 5.74) is 1.61. The molecule has 1 amide bonds. The molecule has 0 spiro atoms. The van der Waals surface area contributed by atoms with Crippen LogP contribution in [0.4, 0.5) is 5.69 Å². The Labute approximate surface area is 105 Å². The molecule has 2 rings (SSSR count). The fourth-order valence-electron chi connectivity index (χ4n) is 1.75. The van der Waals surface area contributed by atoms with Gasteiger partial charge in [0.1, 0.15) is 5.75 Å². The monoisotopic (exact) mass is 268 g/mol. The van der Waals surface area contributed by atoms with Gasteiger partial charge >= 0.3 is 0 Å². The molecule has 0 unspecified atom stereocenters. The lowest BCUT2D eigenvalue weighted by molar-refractivity contribution is -0.116. The Balaban J connectivity index is 2.31. The SMILES string of the molecule is CC1=NN(c2cccc(CS(=O)(=O)O)c2)C(=O)C1. The number of hydrogen-bond acceptors (Lipinski definition) is 4. The molecule has 1 aliphatic heterocycles. The summed E-state index contributed by atoms with van der Waals surface area (Å²) >= 11 is 0. The highest BCUT2D eigenvalue weighted by Crippen LogP contribution is 2.22. The molecule has 0 bridgehead atoms. The van der Waals surface area contributed by atoms with Crippen LogP contribution < -0.4 is 5.01 Å². The minimum absolute atomic E-state index is 0.156. The van der Waals surface area contributed by atoms with Crippen LogP contribution in [0, 0.1) is 0 Å². The minimum Gasteiger partial charge on any atom is -0.285 e. The minimum atomic E-state index is -4.08. The Morgan fingerprint density at radius 1 is 1.44 bits per heavy atom. The first-order chi connectivity index (χ1) is 8.35. The van der Waals surface area contributed by atoms with Gasteiger partial charge in [-0.05, 0) is 24.6 Å². The van der Waals surface area contributed by atoms with E-state index < -0.39 is 15.9 Å². The third kappa shape index (κ3) is 2.93. The van der Waals surface area contributed by atoms with Crippen LogP contribution >= 0.6 is 0 Å². The number of anilines is 1. The van der Waals surface area contributed by atoms with E-state index in [-0.39, 0.29) is 12.3 Å². The van der Waals surface area contributed by atoms with Crippen LogP contribution in [0.25, 0.3) is 0 Å². The zero-order chi connectivity index (χ0) is 13.3. The summed E-state index contributed by atoms with van der Waals surface area (Å²) in [6, 6.07) is 6.36. The summed E-state index contributed by atoms with van der Waals surface area (Å²) in [6.45, 7) is 1.75. The highest BCUT2D eigenvalue weighted by atomic mass is 32.2. The van der Waals surface area contributed by atoms with E-state index in [1.165, 1.54) is 11.1 Å². The maximum absolute atomic E-state index is 11.6. The third-order valence-corrected chi connectivity index (χ3v) is 3.12. The zero-order valence-electron chi connectivity index (χ0n) is 9.70. The van der Waals surface area contributed by atoms with Gasteiger partial charge in [0.15, 0.2) is 0 Å². The maximum atomic E-state index is 11.6. The van der Waals surface area contributed by atoms with Crippen LogP contribution in [0.5, 0.6) is 0 Å². The molecule has 1 aliphatic rings. The molecule has 96 valence electrons. The Morgan fingerprint density at radius 3 is 2.72 bits per heavy atom. The van der Waals surface area contributed by atoms with E-state index in [0.717, 1.165) is 0 Å². The molecule has 0 fully saturated rings.